The molecule has 0 aliphatic heterocycles. The van der Waals surface area contributed by atoms with Gasteiger partial charge in [-0.1, -0.05) is 13.8 Å². The van der Waals surface area contributed by atoms with E-state index in [0.29, 0.717) is 11.8 Å². The normalized spacial score (nSPS) is 13.7. The quantitative estimate of drug-likeness (QED) is 0.760. The Morgan fingerprint density at radius 1 is 1.39 bits per heavy atom. The Bertz CT molecular complexity index is 412. The molecule has 0 saturated carbocycles. The first-order valence-corrected chi connectivity index (χ1v) is 9.31. The Morgan fingerprint density at radius 2 is 2.17 bits per heavy atom. The summed E-state index contributed by atoms with van der Waals surface area (Å²) in [6, 6.07) is 2.41. The van der Waals surface area contributed by atoms with Gasteiger partial charge in [-0.2, -0.15) is 11.3 Å². The van der Waals surface area contributed by atoms with E-state index >= 15 is 0 Å². The summed E-state index contributed by atoms with van der Waals surface area (Å²) in [6.45, 7) is 4.82. The first-order valence-electron chi connectivity index (χ1n) is 6.55. The van der Waals surface area contributed by atoms with Gasteiger partial charge in [0, 0.05) is 11.8 Å². The smallest absolute Gasteiger partial charge is 0.150 e. The van der Waals surface area contributed by atoms with Crippen LogP contribution < -0.4 is 5.32 Å². The second-order valence-corrected chi connectivity index (χ2v) is 7.69. The van der Waals surface area contributed by atoms with E-state index in [0.717, 1.165) is 25.8 Å². The van der Waals surface area contributed by atoms with Gasteiger partial charge in [0.1, 0.15) is 9.84 Å². The van der Waals surface area contributed by atoms with Crippen molar-refractivity contribution in [2.24, 2.45) is 0 Å². The van der Waals surface area contributed by atoms with Gasteiger partial charge in [-0.15, -0.1) is 0 Å². The molecule has 1 rings (SSSR count). The predicted molar refractivity (Wildman–Crippen MR) is 78.9 cm³/mol. The predicted octanol–water partition coefficient (Wildman–Crippen LogP) is 3.00. The van der Waals surface area contributed by atoms with Crippen LogP contribution in [0.25, 0.3) is 0 Å². The molecule has 104 valence electrons. The molecule has 0 saturated heterocycles. The van der Waals surface area contributed by atoms with E-state index in [4.69, 9.17) is 0 Å². The van der Waals surface area contributed by atoms with Gasteiger partial charge in [0.25, 0.3) is 0 Å². The molecule has 3 nitrogen and oxygen atoms in total. The summed E-state index contributed by atoms with van der Waals surface area (Å²) in [5.41, 5.74) is 1.28. The molecule has 1 heterocycles. The second-order valence-electron chi connectivity index (χ2n) is 4.44. The molecule has 0 aliphatic carbocycles. The zero-order valence-electron chi connectivity index (χ0n) is 11.2. The summed E-state index contributed by atoms with van der Waals surface area (Å²) in [7, 11) is -2.83. The van der Waals surface area contributed by atoms with Crippen molar-refractivity contribution >= 4 is 21.2 Å². The Kier molecular flexibility index (Phi) is 6.89. The van der Waals surface area contributed by atoms with E-state index in [1.165, 1.54) is 5.56 Å². The lowest BCUT2D eigenvalue weighted by Crippen LogP contribution is -2.22. The van der Waals surface area contributed by atoms with Crippen LogP contribution in [-0.4, -0.2) is 26.5 Å². The molecule has 1 aromatic rings. The molecule has 0 aliphatic rings. The highest BCUT2D eigenvalue weighted by Gasteiger charge is 2.13. The molecule has 0 aromatic carbocycles. The highest BCUT2D eigenvalue weighted by molar-refractivity contribution is 7.91. The van der Waals surface area contributed by atoms with Crippen molar-refractivity contribution in [2.75, 3.05) is 18.1 Å². The van der Waals surface area contributed by atoms with Crippen molar-refractivity contribution in [1.29, 1.82) is 0 Å². The molecule has 0 fully saturated rings. The third kappa shape index (κ3) is 5.50. The maximum atomic E-state index is 11.5. The standard InChI is InChI=1S/C13H23NO2S2/c1-3-8-14-13(12-7-9-17-11-12)6-5-10-18(15,16)4-2/h7,9,11,13-14H,3-6,8,10H2,1-2H3. The van der Waals surface area contributed by atoms with Gasteiger partial charge in [0.15, 0.2) is 0 Å². The Morgan fingerprint density at radius 3 is 2.72 bits per heavy atom. The van der Waals surface area contributed by atoms with Gasteiger partial charge in [-0.3, -0.25) is 0 Å². The lowest BCUT2D eigenvalue weighted by Gasteiger charge is -2.17. The summed E-state index contributed by atoms with van der Waals surface area (Å²) in [4.78, 5) is 0. The first kappa shape index (κ1) is 15.7. The van der Waals surface area contributed by atoms with Crippen molar-refractivity contribution in [1.82, 2.24) is 5.32 Å². The fourth-order valence-electron chi connectivity index (χ4n) is 1.83. The first-order chi connectivity index (χ1) is 8.59. The Hall–Kier alpha value is -0.390. The SMILES string of the molecule is CCCNC(CCCS(=O)(=O)CC)c1ccsc1. The highest BCUT2D eigenvalue weighted by Crippen LogP contribution is 2.21. The number of rotatable bonds is 9. The largest absolute Gasteiger partial charge is 0.310 e. The number of nitrogens with one attached hydrogen (secondary N) is 1. The van der Waals surface area contributed by atoms with Crippen LogP contribution in [0.5, 0.6) is 0 Å². The average molecular weight is 289 g/mol. The van der Waals surface area contributed by atoms with E-state index < -0.39 is 9.84 Å². The number of hydrogen-bond acceptors (Lipinski definition) is 4. The molecular formula is C13H23NO2S2. The van der Waals surface area contributed by atoms with E-state index in [9.17, 15) is 8.42 Å². The summed E-state index contributed by atoms with van der Waals surface area (Å²) < 4.78 is 22.9. The summed E-state index contributed by atoms with van der Waals surface area (Å²) >= 11 is 1.69. The van der Waals surface area contributed by atoms with Gasteiger partial charge in [0.05, 0.1) is 5.75 Å². The second kappa shape index (κ2) is 7.92. The zero-order chi connectivity index (χ0) is 13.4. The zero-order valence-corrected chi connectivity index (χ0v) is 12.8. The highest BCUT2D eigenvalue weighted by atomic mass is 32.2. The van der Waals surface area contributed by atoms with Crippen LogP contribution in [0.1, 0.15) is 44.7 Å². The molecule has 18 heavy (non-hydrogen) atoms. The van der Waals surface area contributed by atoms with Crippen molar-refractivity contribution in [3.8, 4) is 0 Å². The summed E-state index contributed by atoms with van der Waals surface area (Å²) in [5.74, 6) is 0.552. The molecule has 5 heteroatoms. The molecule has 1 N–H and O–H groups in total. The van der Waals surface area contributed by atoms with Crippen molar-refractivity contribution in [3.63, 3.8) is 0 Å². The van der Waals surface area contributed by atoms with Crippen LogP contribution in [0.3, 0.4) is 0 Å². The summed E-state index contributed by atoms with van der Waals surface area (Å²) in [5, 5.41) is 7.70. The van der Waals surface area contributed by atoms with E-state index in [1.807, 2.05) is 0 Å². The minimum Gasteiger partial charge on any atom is -0.310 e. The molecule has 0 bridgehead atoms. The molecule has 0 spiro atoms. The van der Waals surface area contributed by atoms with Gasteiger partial charge in [0.2, 0.25) is 0 Å². The molecule has 0 amide bonds. The van der Waals surface area contributed by atoms with Crippen molar-refractivity contribution < 1.29 is 8.42 Å². The van der Waals surface area contributed by atoms with E-state index in [2.05, 4.69) is 29.1 Å². The van der Waals surface area contributed by atoms with Crippen LogP contribution in [0.15, 0.2) is 16.8 Å². The lowest BCUT2D eigenvalue weighted by molar-refractivity contribution is 0.493. The fraction of sp³-hybridized carbons (Fsp3) is 0.692. The van der Waals surface area contributed by atoms with E-state index in [1.54, 1.807) is 18.3 Å². The van der Waals surface area contributed by atoms with Gasteiger partial charge in [-0.05, 0) is 48.2 Å². The van der Waals surface area contributed by atoms with Crippen LogP contribution >= 0.6 is 11.3 Å². The number of hydrogen-bond donors (Lipinski definition) is 1. The monoisotopic (exact) mass is 289 g/mol. The van der Waals surface area contributed by atoms with Crippen LogP contribution in [0.4, 0.5) is 0 Å². The maximum absolute atomic E-state index is 11.5. The molecule has 0 radical (unpaired) electrons. The van der Waals surface area contributed by atoms with Gasteiger partial charge in [-0.25, -0.2) is 8.42 Å². The van der Waals surface area contributed by atoms with Gasteiger partial charge < -0.3 is 5.32 Å². The summed E-state index contributed by atoms with van der Waals surface area (Å²) in [6.07, 6.45) is 2.71. The topological polar surface area (TPSA) is 46.2 Å². The Balaban J connectivity index is 2.47. The Labute approximate surface area is 115 Å². The van der Waals surface area contributed by atoms with Crippen LogP contribution in [0, 0.1) is 0 Å². The average Bonchev–Trinajstić information content (AvgIpc) is 2.87. The number of thiophene rings is 1. The molecule has 1 atom stereocenters. The third-order valence-corrected chi connectivity index (χ3v) is 5.47. The maximum Gasteiger partial charge on any atom is 0.150 e. The minimum atomic E-state index is -2.83. The molecular weight excluding hydrogens is 266 g/mol. The van der Waals surface area contributed by atoms with Gasteiger partial charge >= 0.3 is 0 Å². The molecule has 1 unspecified atom stereocenters. The number of sulfone groups is 1. The van der Waals surface area contributed by atoms with Crippen LogP contribution in [0.2, 0.25) is 0 Å². The molecule has 1 aromatic heterocycles. The lowest BCUT2D eigenvalue weighted by atomic mass is 10.1. The minimum absolute atomic E-state index is 0.249. The van der Waals surface area contributed by atoms with Crippen LogP contribution in [-0.2, 0) is 9.84 Å². The third-order valence-electron chi connectivity index (χ3n) is 2.97. The van der Waals surface area contributed by atoms with Crippen molar-refractivity contribution in [3.05, 3.63) is 22.4 Å². The van der Waals surface area contributed by atoms with Crippen molar-refractivity contribution in [2.45, 2.75) is 39.2 Å². The van der Waals surface area contributed by atoms with E-state index in [-0.39, 0.29) is 5.75 Å². The fourth-order valence-corrected chi connectivity index (χ4v) is 3.44.